The number of benzene rings is 1. The van der Waals surface area contributed by atoms with Crippen molar-refractivity contribution >= 4 is 27.9 Å². The molecule has 5 nitrogen and oxygen atoms in total. The van der Waals surface area contributed by atoms with E-state index in [1.807, 2.05) is 33.8 Å². The molecule has 1 saturated carbocycles. The molecule has 1 aliphatic carbocycles. The van der Waals surface area contributed by atoms with Gasteiger partial charge in [-0.3, -0.25) is 4.79 Å². The lowest BCUT2D eigenvalue weighted by atomic mass is 9.69. The lowest BCUT2D eigenvalue weighted by Crippen LogP contribution is -2.36. The van der Waals surface area contributed by atoms with Crippen LogP contribution in [0.1, 0.15) is 81.8 Å². The smallest absolute Gasteiger partial charge is 0.342 e. The van der Waals surface area contributed by atoms with Crippen molar-refractivity contribution in [1.82, 2.24) is 0 Å². The highest BCUT2D eigenvalue weighted by molar-refractivity contribution is 9.10. The Balaban J connectivity index is 2.81. The minimum atomic E-state index is -0.712. The summed E-state index contributed by atoms with van der Waals surface area (Å²) in [4.78, 5) is 26.2. The Labute approximate surface area is 189 Å². The Morgan fingerprint density at radius 1 is 1.17 bits per heavy atom. The molecular formula is C24H35BrO5. The van der Waals surface area contributed by atoms with Crippen LogP contribution in [0.4, 0.5) is 0 Å². The minimum Gasteiger partial charge on any atom is -0.492 e. The molecule has 0 aliphatic heterocycles. The van der Waals surface area contributed by atoms with Gasteiger partial charge in [0.15, 0.2) is 0 Å². The van der Waals surface area contributed by atoms with E-state index in [0.29, 0.717) is 30.4 Å². The molecule has 1 fully saturated rings. The van der Waals surface area contributed by atoms with Gasteiger partial charge in [0.25, 0.3) is 0 Å². The van der Waals surface area contributed by atoms with Gasteiger partial charge in [-0.15, -0.1) is 0 Å². The van der Waals surface area contributed by atoms with Crippen LogP contribution in [0.25, 0.3) is 0 Å². The first-order valence-electron chi connectivity index (χ1n) is 10.9. The van der Waals surface area contributed by atoms with Crippen molar-refractivity contribution in [1.29, 1.82) is 0 Å². The second-order valence-corrected chi connectivity index (χ2v) is 9.31. The highest BCUT2D eigenvalue weighted by Gasteiger charge is 2.53. The second kappa shape index (κ2) is 10.2. The highest BCUT2D eigenvalue weighted by atomic mass is 79.9. The Bertz CT molecular complexity index is 788. The van der Waals surface area contributed by atoms with Crippen molar-refractivity contribution in [2.45, 2.75) is 67.2 Å². The zero-order valence-electron chi connectivity index (χ0n) is 19.3. The molecule has 3 atom stereocenters. The lowest BCUT2D eigenvalue weighted by molar-refractivity contribution is -0.155. The number of carbonyl (C=O) groups excluding carboxylic acids is 2. The maximum atomic E-state index is 13.1. The molecule has 0 N–H and O–H groups in total. The molecule has 0 aromatic heterocycles. The summed E-state index contributed by atoms with van der Waals surface area (Å²) in [5.74, 6) is 0.292. The molecule has 0 heterocycles. The van der Waals surface area contributed by atoms with Crippen molar-refractivity contribution in [3.05, 3.63) is 27.2 Å². The molecule has 0 amide bonds. The van der Waals surface area contributed by atoms with Gasteiger partial charge >= 0.3 is 11.9 Å². The van der Waals surface area contributed by atoms with Crippen molar-refractivity contribution in [3.8, 4) is 5.75 Å². The Morgan fingerprint density at radius 2 is 1.80 bits per heavy atom. The fourth-order valence-electron chi connectivity index (χ4n) is 4.81. The van der Waals surface area contributed by atoms with Gasteiger partial charge in [0, 0.05) is 5.92 Å². The molecular weight excluding hydrogens is 448 g/mol. The maximum Gasteiger partial charge on any atom is 0.342 e. The van der Waals surface area contributed by atoms with Gasteiger partial charge < -0.3 is 14.2 Å². The van der Waals surface area contributed by atoms with Gasteiger partial charge in [-0.2, -0.15) is 0 Å². The Hall–Kier alpha value is -1.56. The number of esters is 2. The summed E-state index contributed by atoms with van der Waals surface area (Å²) >= 11 is 3.60. The van der Waals surface area contributed by atoms with Crippen LogP contribution in [0, 0.1) is 24.2 Å². The largest absolute Gasteiger partial charge is 0.492 e. The van der Waals surface area contributed by atoms with E-state index in [0.717, 1.165) is 28.4 Å². The van der Waals surface area contributed by atoms with E-state index in [2.05, 4.69) is 29.8 Å². The topological polar surface area (TPSA) is 61.8 Å². The van der Waals surface area contributed by atoms with Crippen LogP contribution in [0.15, 0.2) is 10.5 Å². The summed E-state index contributed by atoms with van der Waals surface area (Å²) in [5, 5.41) is 0. The Kier molecular flexibility index (Phi) is 8.37. The Morgan fingerprint density at radius 3 is 2.33 bits per heavy atom. The number of rotatable bonds is 8. The summed E-state index contributed by atoms with van der Waals surface area (Å²) in [6.07, 6.45) is 1.62. The number of aryl methyl sites for hydroxylation is 1. The average Bonchev–Trinajstić information content (AvgIpc) is 3.04. The SMILES string of the molecule is CCOC(=O)c1c(C2C(C(C)C)CCC2(C)C(=O)OCC)cc(C)c(Br)c1OCC. The van der Waals surface area contributed by atoms with Crippen molar-refractivity contribution in [3.63, 3.8) is 0 Å². The molecule has 1 aromatic carbocycles. The first-order chi connectivity index (χ1) is 14.1. The van der Waals surface area contributed by atoms with Crippen LogP contribution in [0.5, 0.6) is 5.75 Å². The van der Waals surface area contributed by atoms with E-state index in [-0.39, 0.29) is 24.4 Å². The predicted octanol–water partition coefficient (Wildman–Crippen LogP) is 6.05. The first kappa shape index (κ1) is 24.7. The van der Waals surface area contributed by atoms with Crippen LogP contribution in [-0.4, -0.2) is 31.8 Å². The van der Waals surface area contributed by atoms with Gasteiger partial charge in [0.2, 0.25) is 0 Å². The molecule has 0 bridgehead atoms. The van der Waals surface area contributed by atoms with Gasteiger partial charge in [-0.25, -0.2) is 4.79 Å². The summed E-state index contributed by atoms with van der Waals surface area (Å²) in [7, 11) is 0. The lowest BCUT2D eigenvalue weighted by Gasteiger charge is -2.35. The third-order valence-corrected chi connectivity index (χ3v) is 7.23. The molecule has 1 aromatic rings. The standard InChI is InChI=1S/C24H35BrO5/c1-8-28-21-18(22(26)29-9-2)17(13-15(6)20(21)25)19-16(14(4)5)11-12-24(19,7)23(27)30-10-3/h13-14,16,19H,8-12H2,1-7H3. The van der Waals surface area contributed by atoms with Crippen LogP contribution >= 0.6 is 15.9 Å². The third-order valence-electron chi connectivity index (χ3n) is 6.25. The monoisotopic (exact) mass is 482 g/mol. The van der Waals surface area contributed by atoms with Crippen LogP contribution in [0.3, 0.4) is 0 Å². The number of halogens is 1. The molecule has 0 spiro atoms. The van der Waals surface area contributed by atoms with Crippen molar-refractivity contribution in [2.24, 2.45) is 17.3 Å². The third kappa shape index (κ3) is 4.53. The molecule has 30 heavy (non-hydrogen) atoms. The normalized spacial score (nSPS) is 23.5. The predicted molar refractivity (Wildman–Crippen MR) is 121 cm³/mol. The second-order valence-electron chi connectivity index (χ2n) is 8.52. The minimum absolute atomic E-state index is 0.165. The number of carbonyl (C=O) groups is 2. The summed E-state index contributed by atoms with van der Waals surface area (Å²) in [6, 6.07) is 2.02. The van der Waals surface area contributed by atoms with Gasteiger partial charge in [0.05, 0.1) is 29.7 Å². The number of ether oxygens (including phenoxy) is 3. The summed E-state index contributed by atoms with van der Waals surface area (Å²) in [5.41, 5.74) is 1.49. The van der Waals surface area contributed by atoms with E-state index in [9.17, 15) is 9.59 Å². The van der Waals surface area contributed by atoms with Crippen molar-refractivity contribution in [2.75, 3.05) is 19.8 Å². The number of hydrogen-bond donors (Lipinski definition) is 0. The molecule has 0 saturated heterocycles. The quantitative estimate of drug-likeness (QED) is 0.421. The fourth-order valence-corrected chi connectivity index (χ4v) is 5.23. The average molecular weight is 483 g/mol. The van der Waals surface area contributed by atoms with Gasteiger partial charge in [-0.1, -0.05) is 19.9 Å². The molecule has 3 unspecified atom stereocenters. The van der Waals surface area contributed by atoms with Gasteiger partial charge in [-0.05, 0) is 86.4 Å². The van der Waals surface area contributed by atoms with Gasteiger partial charge in [0.1, 0.15) is 11.3 Å². The maximum absolute atomic E-state index is 13.1. The van der Waals surface area contributed by atoms with E-state index in [4.69, 9.17) is 14.2 Å². The zero-order chi connectivity index (χ0) is 22.6. The molecule has 2 rings (SSSR count). The number of hydrogen-bond acceptors (Lipinski definition) is 5. The van der Waals surface area contributed by atoms with E-state index >= 15 is 0 Å². The van der Waals surface area contributed by atoms with Crippen LogP contribution in [-0.2, 0) is 14.3 Å². The van der Waals surface area contributed by atoms with E-state index in [1.165, 1.54) is 0 Å². The molecule has 168 valence electrons. The molecule has 6 heteroatoms. The summed E-state index contributed by atoms with van der Waals surface area (Å²) in [6.45, 7) is 14.8. The summed E-state index contributed by atoms with van der Waals surface area (Å²) < 4.78 is 17.6. The van der Waals surface area contributed by atoms with Crippen LogP contribution < -0.4 is 4.74 Å². The highest BCUT2D eigenvalue weighted by Crippen LogP contribution is 2.57. The fraction of sp³-hybridized carbons (Fsp3) is 0.667. The zero-order valence-corrected chi connectivity index (χ0v) is 20.9. The molecule has 0 radical (unpaired) electrons. The first-order valence-corrected chi connectivity index (χ1v) is 11.7. The van der Waals surface area contributed by atoms with Crippen molar-refractivity contribution < 1.29 is 23.8 Å². The van der Waals surface area contributed by atoms with Crippen LogP contribution in [0.2, 0.25) is 0 Å². The van der Waals surface area contributed by atoms with E-state index in [1.54, 1.807) is 6.92 Å². The van der Waals surface area contributed by atoms with E-state index < -0.39 is 11.4 Å². The molecule has 1 aliphatic rings.